The van der Waals surface area contributed by atoms with Crippen LogP contribution in [0.4, 0.5) is 0 Å². The van der Waals surface area contributed by atoms with E-state index in [9.17, 15) is 4.79 Å². The molecule has 1 amide bonds. The quantitative estimate of drug-likeness (QED) is 0.750. The van der Waals surface area contributed by atoms with Gasteiger partial charge >= 0.3 is 0 Å². The van der Waals surface area contributed by atoms with Crippen LogP contribution in [0.3, 0.4) is 0 Å². The van der Waals surface area contributed by atoms with Gasteiger partial charge in [0.05, 0.1) is 13.1 Å². The molecule has 0 saturated carbocycles. The maximum Gasteiger partial charge on any atom is 0.236 e. The van der Waals surface area contributed by atoms with Gasteiger partial charge in [0.2, 0.25) is 5.91 Å². The Balaban J connectivity index is 1.18. The molecule has 0 aromatic heterocycles. The van der Waals surface area contributed by atoms with Gasteiger partial charge in [-0.25, -0.2) is 0 Å². The van der Waals surface area contributed by atoms with Gasteiger partial charge < -0.3 is 9.80 Å². The summed E-state index contributed by atoms with van der Waals surface area (Å²) < 4.78 is 0. The number of piperazine rings is 2. The number of aryl methyl sites for hydroxylation is 1. The highest BCUT2D eigenvalue weighted by molar-refractivity contribution is 8.14. The van der Waals surface area contributed by atoms with Crippen molar-refractivity contribution in [3.8, 4) is 0 Å². The molecule has 0 aliphatic carbocycles. The van der Waals surface area contributed by atoms with Gasteiger partial charge in [-0.15, -0.1) is 0 Å². The molecule has 2 fully saturated rings. The lowest BCUT2D eigenvalue weighted by atomic mass is 10.1. The van der Waals surface area contributed by atoms with E-state index in [-0.39, 0.29) is 5.91 Å². The molecule has 2 saturated heterocycles. The lowest BCUT2D eigenvalue weighted by molar-refractivity contribution is -0.134. The van der Waals surface area contributed by atoms with Crippen LogP contribution in [0.2, 0.25) is 0 Å². The minimum atomic E-state index is 0.287. The van der Waals surface area contributed by atoms with E-state index in [0.717, 1.165) is 65.4 Å². The molecule has 0 spiro atoms. The Kier molecular flexibility index (Phi) is 6.77. The second kappa shape index (κ2) is 9.49. The Hall–Kier alpha value is -1.57. The number of nitrogens with zero attached hydrogens (tertiary/aromatic N) is 5. The van der Waals surface area contributed by atoms with E-state index < -0.39 is 0 Å². The highest BCUT2D eigenvalue weighted by atomic mass is 32.2. The minimum Gasteiger partial charge on any atom is -0.349 e. The van der Waals surface area contributed by atoms with Gasteiger partial charge in [0.1, 0.15) is 0 Å². The van der Waals surface area contributed by atoms with Crippen LogP contribution in [0.1, 0.15) is 18.1 Å². The lowest BCUT2D eigenvalue weighted by Gasteiger charge is -2.38. The minimum absolute atomic E-state index is 0.287. The molecule has 1 aromatic carbocycles. The first kappa shape index (κ1) is 20.7. The largest absolute Gasteiger partial charge is 0.349 e. The third-order valence-corrected chi connectivity index (χ3v) is 7.32. The van der Waals surface area contributed by atoms with Crippen molar-refractivity contribution in [3.05, 3.63) is 35.4 Å². The topological polar surface area (TPSA) is 42.4 Å². The van der Waals surface area contributed by atoms with E-state index in [2.05, 4.69) is 62.7 Å². The Morgan fingerprint density at radius 2 is 1.72 bits per heavy atom. The fourth-order valence-corrected chi connectivity index (χ4v) is 5.20. The number of thioether (sulfide) groups is 1. The Bertz CT molecular complexity index is 738. The van der Waals surface area contributed by atoms with Crippen LogP contribution >= 0.6 is 11.8 Å². The normalized spacial score (nSPS) is 24.1. The van der Waals surface area contributed by atoms with Crippen LogP contribution in [-0.2, 0) is 11.3 Å². The van der Waals surface area contributed by atoms with Crippen LogP contribution in [0.15, 0.2) is 29.3 Å². The Morgan fingerprint density at radius 1 is 1.03 bits per heavy atom. The number of aliphatic imine (C=N–C) groups is 1. The summed E-state index contributed by atoms with van der Waals surface area (Å²) in [5.41, 5.74) is 2.74. The summed E-state index contributed by atoms with van der Waals surface area (Å²) in [6, 6.07) is 8.59. The molecule has 3 heterocycles. The number of amides is 1. The molecule has 1 atom stereocenters. The molecule has 3 aliphatic heterocycles. The van der Waals surface area contributed by atoms with Crippen LogP contribution in [0.5, 0.6) is 0 Å². The van der Waals surface area contributed by atoms with Gasteiger partial charge in [-0.05, 0) is 18.1 Å². The van der Waals surface area contributed by atoms with Crippen molar-refractivity contribution in [2.45, 2.75) is 25.6 Å². The number of carbonyl (C=O) groups excluding carboxylic acids is 1. The van der Waals surface area contributed by atoms with Crippen LogP contribution in [0.25, 0.3) is 0 Å². The fourth-order valence-electron chi connectivity index (χ4n) is 4.21. The van der Waals surface area contributed by atoms with Crippen molar-refractivity contribution in [1.29, 1.82) is 0 Å². The number of hydrogen-bond acceptors (Lipinski definition) is 6. The second-order valence-electron chi connectivity index (χ2n) is 8.40. The van der Waals surface area contributed by atoms with E-state index in [0.29, 0.717) is 11.8 Å². The van der Waals surface area contributed by atoms with Crippen molar-refractivity contribution in [2.75, 3.05) is 65.4 Å². The summed E-state index contributed by atoms with van der Waals surface area (Å²) >= 11 is 1.89. The first-order chi connectivity index (χ1) is 14.1. The maximum atomic E-state index is 12.8. The molecule has 6 nitrogen and oxygen atoms in total. The van der Waals surface area contributed by atoms with Crippen LogP contribution in [0, 0.1) is 6.92 Å². The fraction of sp³-hybridized carbons (Fsp3) is 0.636. The predicted molar refractivity (Wildman–Crippen MR) is 120 cm³/mol. The summed E-state index contributed by atoms with van der Waals surface area (Å²) in [5, 5.41) is 1.81. The van der Waals surface area contributed by atoms with E-state index in [1.165, 1.54) is 16.3 Å². The molecule has 0 unspecified atom stereocenters. The number of hydrogen-bond donors (Lipinski definition) is 0. The summed E-state index contributed by atoms with van der Waals surface area (Å²) in [5.74, 6) is 0.287. The predicted octanol–water partition coefficient (Wildman–Crippen LogP) is 1.75. The maximum absolute atomic E-state index is 12.8. The zero-order valence-corrected chi connectivity index (χ0v) is 18.5. The molecule has 0 radical (unpaired) electrons. The smallest absolute Gasteiger partial charge is 0.236 e. The second-order valence-corrected chi connectivity index (χ2v) is 9.80. The first-order valence-corrected chi connectivity index (χ1v) is 11.7. The SMILES string of the molecule is Cc1ccccc1CN1CCN(C(=O)CN2CCN(C3=NC[C@H](C)S3)CC2)CC1. The highest BCUT2D eigenvalue weighted by Gasteiger charge is 2.27. The molecule has 1 aromatic rings. The third-order valence-electron chi connectivity index (χ3n) is 6.17. The Morgan fingerprint density at radius 3 is 2.38 bits per heavy atom. The van der Waals surface area contributed by atoms with Crippen molar-refractivity contribution in [1.82, 2.24) is 19.6 Å². The zero-order valence-electron chi connectivity index (χ0n) is 17.7. The molecule has 7 heteroatoms. The standard InChI is InChI=1S/C22H33N5OS/c1-18-5-3-4-6-20(18)16-24-7-11-26(12-8-24)21(28)17-25-9-13-27(14-10-25)22-23-15-19(2)29-22/h3-6,19H,7-17H2,1-2H3/t19-/m0/s1. The lowest BCUT2D eigenvalue weighted by Crippen LogP contribution is -2.54. The van der Waals surface area contributed by atoms with Crippen molar-refractivity contribution < 1.29 is 4.79 Å². The van der Waals surface area contributed by atoms with E-state index in [4.69, 9.17) is 0 Å². The van der Waals surface area contributed by atoms with Crippen LogP contribution in [-0.4, -0.2) is 101 Å². The first-order valence-electron chi connectivity index (χ1n) is 10.8. The van der Waals surface area contributed by atoms with E-state index >= 15 is 0 Å². The van der Waals surface area contributed by atoms with Gasteiger partial charge in [-0.2, -0.15) is 0 Å². The number of rotatable bonds is 4. The third kappa shape index (κ3) is 5.32. The van der Waals surface area contributed by atoms with Gasteiger partial charge in [-0.3, -0.25) is 19.6 Å². The molecule has 0 bridgehead atoms. The van der Waals surface area contributed by atoms with Crippen molar-refractivity contribution in [3.63, 3.8) is 0 Å². The van der Waals surface area contributed by atoms with Gasteiger partial charge in [0.15, 0.2) is 5.17 Å². The van der Waals surface area contributed by atoms with E-state index in [1.54, 1.807) is 0 Å². The van der Waals surface area contributed by atoms with Crippen molar-refractivity contribution in [2.24, 2.45) is 4.99 Å². The van der Waals surface area contributed by atoms with Gasteiger partial charge in [0, 0.05) is 64.2 Å². The molecule has 4 rings (SSSR count). The van der Waals surface area contributed by atoms with Gasteiger partial charge in [0.25, 0.3) is 0 Å². The summed E-state index contributed by atoms with van der Waals surface area (Å²) in [6.45, 7) is 14.4. The highest BCUT2D eigenvalue weighted by Crippen LogP contribution is 2.23. The summed E-state index contributed by atoms with van der Waals surface area (Å²) in [4.78, 5) is 26.7. The van der Waals surface area contributed by atoms with Gasteiger partial charge in [-0.1, -0.05) is 43.0 Å². The number of carbonyl (C=O) groups is 1. The molecular formula is C22H33N5OS. The summed E-state index contributed by atoms with van der Waals surface area (Å²) in [7, 11) is 0. The monoisotopic (exact) mass is 415 g/mol. The van der Waals surface area contributed by atoms with Crippen molar-refractivity contribution >= 4 is 22.8 Å². The zero-order chi connectivity index (χ0) is 20.2. The summed E-state index contributed by atoms with van der Waals surface area (Å²) in [6.07, 6.45) is 0. The average Bonchev–Trinajstić information content (AvgIpc) is 3.17. The number of benzene rings is 1. The molecular weight excluding hydrogens is 382 g/mol. The number of amidine groups is 1. The molecule has 3 aliphatic rings. The molecule has 29 heavy (non-hydrogen) atoms. The molecule has 158 valence electrons. The average molecular weight is 416 g/mol. The van der Waals surface area contributed by atoms with E-state index in [1.807, 2.05) is 11.8 Å². The Labute approximate surface area is 178 Å². The van der Waals surface area contributed by atoms with Crippen LogP contribution < -0.4 is 0 Å². The molecule has 0 N–H and O–H groups in total.